The van der Waals surface area contributed by atoms with Crippen LogP contribution in [-0.4, -0.2) is 72.9 Å². The first-order chi connectivity index (χ1) is 10.7. The highest BCUT2D eigenvalue weighted by atomic mass is 16.5. The van der Waals surface area contributed by atoms with Crippen molar-refractivity contribution in [2.75, 3.05) is 45.9 Å². The number of nitrogens with zero attached hydrogens (tertiary/aromatic N) is 2. The quantitative estimate of drug-likeness (QED) is 0.774. The molecule has 0 radical (unpaired) electrons. The minimum absolute atomic E-state index is 0.335. The van der Waals surface area contributed by atoms with E-state index in [4.69, 9.17) is 4.74 Å². The summed E-state index contributed by atoms with van der Waals surface area (Å²) in [6.07, 6.45) is 6.71. The fourth-order valence-corrected chi connectivity index (χ4v) is 3.55. The summed E-state index contributed by atoms with van der Waals surface area (Å²) < 4.78 is 5.24. The fraction of sp³-hybridized carbons (Fsp3) is 0.941. The average Bonchev–Trinajstić information content (AvgIpc) is 2.54. The van der Waals surface area contributed by atoms with Crippen molar-refractivity contribution in [3.05, 3.63) is 0 Å². The van der Waals surface area contributed by atoms with Gasteiger partial charge in [-0.05, 0) is 25.7 Å². The number of rotatable bonds is 7. The molecule has 5 nitrogen and oxygen atoms in total. The number of carbonyl (C=O) groups is 1. The molecule has 5 heteroatoms. The largest absolute Gasteiger partial charge is 0.389 e. The van der Waals surface area contributed by atoms with Gasteiger partial charge in [-0.3, -0.25) is 9.69 Å². The van der Waals surface area contributed by atoms with Crippen molar-refractivity contribution in [3.63, 3.8) is 0 Å². The Morgan fingerprint density at radius 2 is 1.86 bits per heavy atom. The van der Waals surface area contributed by atoms with E-state index in [0.717, 1.165) is 32.6 Å². The summed E-state index contributed by atoms with van der Waals surface area (Å²) in [5, 5.41) is 9.88. The molecule has 2 fully saturated rings. The minimum Gasteiger partial charge on any atom is -0.389 e. The Kier molecular flexibility index (Phi) is 7.63. The van der Waals surface area contributed by atoms with E-state index < -0.39 is 6.10 Å². The van der Waals surface area contributed by atoms with Crippen LogP contribution < -0.4 is 0 Å². The minimum atomic E-state index is -0.426. The van der Waals surface area contributed by atoms with Crippen LogP contribution in [0.1, 0.15) is 45.4 Å². The Bertz CT molecular complexity index is 324. The topological polar surface area (TPSA) is 53.0 Å². The number of piperazine rings is 1. The van der Waals surface area contributed by atoms with E-state index in [0.29, 0.717) is 31.6 Å². The molecule has 0 unspecified atom stereocenters. The van der Waals surface area contributed by atoms with Crippen molar-refractivity contribution in [2.24, 2.45) is 5.92 Å². The molecule has 1 aliphatic heterocycles. The second kappa shape index (κ2) is 9.48. The lowest BCUT2D eigenvalue weighted by molar-refractivity contribution is -0.134. The van der Waals surface area contributed by atoms with E-state index in [1.807, 2.05) is 11.8 Å². The van der Waals surface area contributed by atoms with Gasteiger partial charge in [-0.25, -0.2) is 0 Å². The van der Waals surface area contributed by atoms with Gasteiger partial charge in [0.1, 0.15) is 0 Å². The van der Waals surface area contributed by atoms with Gasteiger partial charge in [0, 0.05) is 45.8 Å². The zero-order chi connectivity index (χ0) is 15.8. The van der Waals surface area contributed by atoms with Crippen LogP contribution in [0.15, 0.2) is 0 Å². The highest BCUT2D eigenvalue weighted by molar-refractivity contribution is 5.76. The molecule has 1 amide bonds. The number of aliphatic hydroxyl groups excluding tert-OH is 1. The standard InChI is InChI=1S/C17H32N2O3/c1-2-22-14-16(20)13-18-8-10-19(11-9-18)17(21)12-15-6-4-3-5-7-15/h15-16,20H,2-14H2,1H3/t16-/m0/s1. The molecule has 0 aromatic carbocycles. The molecule has 0 spiro atoms. The second-order valence-electron chi connectivity index (χ2n) is 6.70. The fourth-order valence-electron chi connectivity index (χ4n) is 3.55. The monoisotopic (exact) mass is 312 g/mol. The Hall–Kier alpha value is -0.650. The predicted octanol–water partition coefficient (Wildman–Crippen LogP) is 1.50. The van der Waals surface area contributed by atoms with E-state index in [9.17, 15) is 9.90 Å². The lowest BCUT2D eigenvalue weighted by Gasteiger charge is -2.36. The molecule has 128 valence electrons. The zero-order valence-electron chi connectivity index (χ0n) is 14.0. The summed E-state index contributed by atoms with van der Waals surface area (Å²) in [6.45, 7) is 6.94. The van der Waals surface area contributed by atoms with Crippen LogP contribution in [0.5, 0.6) is 0 Å². The molecular formula is C17H32N2O3. The molecule has 1 N–H and O–H groups in total. The van der Waals surface area contributed by atoms with Crippen LogP contribution in [0.4, 0.5) is 0 Å². The van der Waals surface area contributed by atoms with E-state index in [-0.39, 0.29) is 0 Å². The number of carbonyl (C=O) groups excluding carboxylic acids is 1. The number of hydrogen-bond donors (Lipinski definition) is 1. The Balaban J connectivity index is 1.64. The molecule has 1 atom stereocenters. The Labute approximate surface area is 134 Å². The maximum atomic E-state index is 12.4. The van der Waals surface area contributed by atoms with Crippen molar-refractivity contribution in [3.8, 4) is 0 Å². The van der Waals surface area contributed by atoms with Crippen molar-refractivity contribution in [2.45, 2.75) is 51.6 Å². The predicted molar refractivity (Wildman–Crippen MR) is 86.7 cm³/mol. The van der Waals surface area contributed by atoms with Crippen molar-refractivity contribution in [1.29, 1.82) is 0 Å². The van der Waals surface area contributed by atoms with Gasteiger partial charge < -0.3 is 14.7 Å². The SMILES string of the molecule is CCOC[C@@H](O)CN1CCN(C(=O)CC2CCCCC2)CC1. The van der Waals surface area contributed by atoms with E-state index in [2.05, 4.69) is 4.90 Å². The van der Waals surface area contributed by atoms with E-state index in [1.165, 1.54) is 32.1 Å². The maximum absolute atomic E-state index is 12.4. The van der Waals surface area contributed by atoms with Crippen LogP contribution in [0.25, 0.3) is 0 Å². The number of β-amino-alcohol motifs (C(OH)–C–C–N with tert-alkyl or cyclic N) is 1. The molecular weight excluding hydrogens is 280 g/mol. The maximum Gasteiger partial charge on any atom is 0.222 e. The van der Waals surface area contributed by atoms with Gasteiger partial charge in [0.15, 0.2) is 0 Å². The lowest BCUT2D eigenvalue weighted by Crippen LogP contribution is -2.51. The highest BCUT2D eigenvalue weighted by Gasteiger charge is 2.25. The first-order valence-corrected chi connectivity index (χ1v) is 8.95. The Morgan fingerprint density at radius 3 is 2.50 bits per heavy atom. The van der Waals surface area contributed by atoms with Crippen LogP contribution in [0.2, 0.25) is 0 Å². The van der Waals surface area contributed by atoms with E-state index >= 15 is 0 Å². The second-order valence-corrected chi connectivity index (χ2v) is 6.70. The average molecular weight is 312 g/mol. The molecule has 1 aliphatic carbocycles. The van der Waals surface area contributed by atoms with Crippen molar-refractivity contribution < 1.29 is 14.6 Å². The summed E-state index contributed by atoms with van der Waals surface area (Å²) in [4.78, 5) is 16.6. The molecule has 22 heavy (non-hydrogen) atoms. The van der Waals surface area contributed by atoms with Crippen LogP contribution >= 0.6 is 0 Å². The summed E-state index contributed by atoms with van der Waals surface area (Å²) in [7, 11) is 0. The van der Waals surface area contributed by atoms with Crippen LogP contribution in [0.3, 0.4) is 0 Å². The molecule has 0 aromatic heterocycles. The summed E-state index contributed by atoms with van der Waals surface area (Å²) in [5.41, 5.74) is 0. The number of amides is 1. The number of hydrogen-bond acceptors (Lipinski definition) is 4. The van der Waals surface area contributed by atoms with Crippen LogP contribution in [0, 0.1) is 5.92 Å². The number of ether oxygens (including phenoxy) is 1. The van der Waals surface area contributed by atoms with Gasteiger partial charge in [0.25, 0.3) is 0 Å². The number of aliphatic hydroxyl groups is 1. The van der Waals surface area contributed by atoms with Gasteiger partial charge in [-0.1, -0.05) is 19.3 Å². The molecule has 2 rings (SSSR count). The summed E-state index contributed by atoms with van der Waals surface area (Å²) in [5.74, 6) is 0.953. The van der Waals surface area contributed by atoms with Gasteiger partial charge in [-0.2, -0.15) is 0 Å². The van der Waals surface area contributed by atoms with Crippen molar-refractivity contribution >= 4 is 5.91 Å². The van der Waals surface area contributed by atoms with Crippen LogP contribution in [-0.2, 0) is 9.53 Å². The third kappa shape index (κ3) is 5.86. The Morgan fingerprint density at radius 1 is 1.18 bits per heavy atom. The lowest BCUT2D eigenvalue weighted by atomic mass is 9.86. The third-order valence-electron chi connectivity index (χ3n) is 4.90. The highest BCUT2D eigenvalue weighted by Crippen LogP contribution is 2.27. The van der Waals surface area contributed by atoms with Gasteiger partial charge in [-0.15, -0.1) is 0 Å². The van der Waals surface area contributed by atoms with Gasteiger partial charge >= 0.3 is 0 Å². The first-order valence-electron chi connectivity index (χ1n) is 8.95. The van der Waals surface area contributed by atoms with Crippen molar-refractivity contribution in [1.82, 2.24) is 9.80 Å². The van der Waals surface area contributed by atoms with Gasteiger partial charge in [0.05, 0.1) is 12.7 Å². The molecule has 1 saturated carbocycles. The van der Waals surface area contributed by atoms with E-state index in [1.54, 1.807) is 0 Å². The molecule has 1 heterocycles. The molecule has 1 saturated heterocycles. The van der Waals surface area contributed by atoms with Gasteiger partial charge in [0.2, 0.25) is 5.91 Å². The first kappa shape index (κ1) is 17.7. The molecule has 2 aliphatic rings. The zero-order valence-corrected chi connectivity index (χ0v) is 14.0. The smallest absolute Gasteiger partial charge is 0.222 e. The molecule has 0 bridgehead atoms. The summed E-state index contributed by atoms with van der Waals surface area (Å²) in [6, 6.07) is 0. The third-order valence-corrected chi connectivity index (χ3v) is 4.90. The normalized spacial score (nSPS) is 22.7. The summed E-state index contributed by atoms with van der Waals surface area (Å²) >= 11 is 0. The molecule has 0 aromatic rings.